The van der Waals surface area contributed by atoms with Crippen LogP contribution in [0.5, 0.6) is 11.5 Å². The number of methoxy groups -OCH3 is 2. The van der Waals surface area contributed by atoms with Crippen LogP contribution >= 0.6 is 0 Å². The molecule has 0 aliphatic rings. The van der Waals surface area contributed by atoms with E-state index in [0.717, 1.165) is 33.6 Å². The van der Waals surface area contributed by atoms with Crippen molar-refractivity contribution >= 4 is 16.8 Å². The van der Waals surface area contributed by atoms with Crippen LogP contribution in [0.3, 0.4) is 0 Å². The van der Waals surface area contributed by atoms with Crippen LogP contribution in [-0.2, 0) is 11.2 Å². The van der Waals surface area contributed by atoms with Gasteiger partial charge in [0.2, 0.25) is 0 Å². The van der Waals surface area contributed by atoms with Crippen LogP contribution in [0.2, 0.25) is 0 Å². The van der Waals surface area contributed by atoms with Crippen LogP contribution in [0.1, 0.15) is 18.1 Å². The number of ketones is 1. The van der Waals surface area contributed by atoms with Gasteiger partial charge in [-0.15, -0.1) is 0 Å². The van der Waals surface area contributed by atoms with Gasteiger partial charge in [0.1, 0.15) is 17.3 Å². The summed E-state index contributed by atoms with van der Waals surface area (Å²) in [6, 6.07) is 11.6. The first-order valence-corrected chi connectivity index (χ1v) is 7.77. The van der Waals surface area contributed by atoms with Crippen molar-refractivity contribution in [1.29, 1.82) is 0 Å². The molecular formula is C20H20O4. The molecule has 2 aromatic carbocycles. The molecule has 3 aromatic rings. The molecule has 24 heavy (non-hydrogen) atoms. The van der Waals surface area contributed by atoms with Crippen molar-refractivity contribution in [3.63, 3.8) is 0 Å². The number of Topliss-reactive ketones (excluding diaryl/α,β-unsaturated/α-hetero) is 1. The first kappa shape index (κ1) is 16.1. The highest BCUT2D eigenvalue weighted by molar-refractivity contribution is 5.93. The Kier molecular flexibility index (Phi) is 4.30. The predicted molar refractivity (Wildman–Crippen MR) is 93.9 cm³/mol. The summed E-state index contributed by atoms with van der Waals surface area (Å²) in [6.07, 6.45) is 0.384. The molecule has 0 spiro atoms. The lowest BCUT2D eigenvalue weighted by atomic mass is 10.0. The number of hydrogen-bond acceptors (Lipinski definition) is 4. The van der Waals surface area contributed by atoms with E-state index in [1.54, 1.807) is 21.1 Å². The Morgan fingerprint density at radius 1 is 1.08 bits per heavy atom. The standard InChI is InChI=1S/C20H20O4/c1-12(21)9-14-10-17-13(2)19(24-20(17)18(11-14)23-4)15-5-7-16(22-3)8-6-15/h5-8,10-11H,9H2,1-4H3. The minimum atomic E-state index is 0.118. The molecule has 124 valence electrons. The van der Waals surface area contributed by atoms with Gasteiger partial charge in [0.05, 0.1) is 14.2 Å². The average Bonchev–Trinajstić information content (AvgIpc) is 2.91. The van der Waals surface area contributed by atoms with Gasteiger partial charge in [-0.25, -0.2) is 0 Å². The van der Waals surface area contributed by atoms with Crippen molar-refractivity contribution in [3.8, 4) is 22.8 Å². The summed E-state index contributed by atoms with van der Waals surface area (Å²) in [5.74, 6) is 2.36. The van der Waals surface area contributed by atoms with E-state index in [1.165, 1.54) is 0 Å². The Labute approximate surface area is 141 Å². The fraction of sp³-hybridized carbons (Fsp3) is 0.250. The van der Waals surface area contributed by atoms with Crippen molar-refractivity contribution in [2.45, 2.75) is 20.3 Å². The maximum atomic E-state index is 11.4. The van der Waals surface area contributed by atoms with Crippen molar-refractivity contribution in [2.24, 2.45) is 0 Å². The Bertz CT molecular complexity index is 888. The molecule has 0 N–H and O–H groups in total. The number of aryl methyl sites for hydroxylation is 1. The molecule has 0 atom stereocenters. The molecular weight excluding hydrogens is 304 g/mol. The zero-order valence-electron chi connectivity index (χ0n) is 14.3. The quantitative estimate of drug-likeness (QED) is 0.690. The summed E-state index contributed by atoms with van der Waals surface area (Å²) in [7, 11) is 3.25. The molecule has 0 aliphatic carbocycles. The highest BCUT2D eigenvalue weighted by Crippen LogP contribution is 2.38. The molecule has 0 unspecified atom stereocenters. The number of ether oxygens (including phenoxy) is 2. The summed E-state index contributed by atoms with van der Waals surface area (Å²) >= 11 is 0. The van der Waals surface area contributed by atoms with E-state index in [-0.39, 0.29) is 5.78 Å². The van der Waals surface area contributed by atoms with E-state index in [2.05, 4.69) is 0 Å². The van der Waals surface area contributed by atoms with Gasteiger partial charge in [-0.1, -0.05) is 0 Å². The minimum Gasteiger partial charge on any atom is -0.497 e. The highest BCUT2D eigenvalue weighted by atomic mass is 16.5. The lowest BCUT2D eigenvalue weighted by Gasteiger charge is -2.04. The van der Waals surface area contributed by atoms with Crippen molar-refractivity contribution in [2.75, 3.05) is 14.2 Å². The maximum absolute atomic E-state index is 11.4. The molecule has 1 heterocycles. The molecule has 0 radical (unpaired) electrons. The molecule has 0 bridgehead atoms. The zero-order valence-corrected chi connectivity index (χ0v) is 14.3. The molecule has 4 nitrogen and oxygen atoms in total. The number of carbonyl (C=O) groups excluding carboxylic acids is 1. The zero-order chi connectivity index (χ0) is 17.3. The lowest BCUT2D eigenvalue weighted by molar-refractivity contribution is -0.116. The van der Waals surface area contributed by atoms with Gasteiger partial charge in [-0.2, -0.15) is 0 Å². The molecule has 4 heteroatoms. The van der Waals surface area contributed by atoms with Crippen LogP contribution in [-0.4, -0.2) is 20.0 Å². The molecule has 0 amide bonds. The van der Waals surface area contributed by atoms with Crippen molar-refractivity contribution in [1.82, 2.24) is 0 Å². The topological polar surface area (TPSA) is 48.7 Å². The van der Waals surface area contributed by atoms with E-state index >= 15 is 0 Å². The summed E-state index contributed by atoms with van der Waals surface area (Å²) in [4.78, 5) is 11.4. The molecule has 3 rings (SSSR count). The fourth-order valence-electron chi connectivity index (χ4n) is 2.90. The second-order valence-electron chi connectivity index (χ2n) is 5.84. The summed E-state index contributed by atoms with van der Waals surface area (Å²) in [5.41, 5.74) is 3.63. The summed E-state index contributed by atoms with van der Waals surface area (Å²) in [6.45, 7) is 3.60. The number of rotatable bonds is 5. The minimum absolute atomic E-state index is 0.118. The molecule has 0 aliphatic heterocycles. The summed E-state index contributed by atoms with van der Waals surface area (Å²) < 4.78 is 16.8. The van der Waals surface area contributed by atoms with Gasteiger partial charge >= 0.3 is 0 Å². The third-order valence-corrected chi connectivity index (χ3v) is 4.09. The SMILES string of the molecule is COc1ccc(-c2oc3c(OC)cc(CC(C)=O)cc3c2C)cc1. The monoisotopic (exact) mass is 324 g/mol. The van der Waals surface area contributed by atoms with E-state index in [4.69, 9.17) is 13.9 Å². The highest BCUT2D eigenvalue weighted by Gasteiger charge is 2.17. The Morgan fingerprint density at radius 2 is 1.79 bits per heavy atom. The first-order valence-electron chi connectivity index (χ1n) is 7.77. The van der Waals surface area contributed by atoms with E-state index < -0.39 is 0 Å². The third kappa shape index (κ3) is 2.87. The van der Waals surface area contributed by atoms with Crippen LogP contribution in [0.4, 0.5) is 0 Å². The molecule has 0 saturated heterocycles. The van der Waals surface area contributed by atoms with Crippen LogP contribution in [0.15, 0.2) is 40.8 Å². The number of hydrogen-bond donors (Lipinski definition) is 0. The van der Waals surface area contributed by atoms with Crippen LogP contribution in [0, 0.1) is 6.92 Å². The number of carbonyl (C=O) groups is 1. The second-order valence-corrected chi connectivity index (χ2v) is 5.84. The van der Waals surface area contributed by atoms with Gasteiger partial charge in [0.15, 0.2) is 11.3 Å². The Hall–Kier alpha value is -2.75. The molecule has 0 fully saturated rings. The maximum Gasteiger partial charge on any atom is 0.176 e. The molecule has 0 saturated carbocycles. The van der Waals surface area contributed by atoms with Crippen LogP contribution in [0.25, 0.3) is 22.3 Å². The van der Waals surface area contributed by atoms with E-state index in [9.17, 15) is 4.79 Å². The van der Waals surface area contributed by atoms with E-state index in [0.29, 0.717) is 17.8 Å². The Balaban J connectivity index is 2.16. The van der Waals surface area contributed by atoms with Crippen molar-refractivity contribution < 1.29 is 18.7 Å². The number of benzene rings is 2. The first-order chi connectivity index (χ1) is 11.5. The largest absolute Gasteiger partial charge is 0.497 e. The lowest BCUT2D eigenvalue weighted by Crippen LogP contribution is -1.97. The van der Waals surface area contributed by atoms with Gasteiger partial charge in [0.25, 0.3) is 0 Å². The normalized spacial score (nSPS) is 10.8. The smallest absolute Gasteiger partial charge is 0.176 e. The van der Waals surface area contributed by atoms with Gasteiger partial charge in [-0.3, -0.25) is 4.79 Å². The number of fused-ring (bicyclic) bond motifs is 1. The summed E-state index contributed by atoms with van der Waals surface area (Å²) in [5, 5.41) is 0.969. The van der Waals surface area contributed by atoms with Gasteiger partial charge in [-0.05, 0) is 55.8 Å². The third-order valence-electron chi connectivity index (χ3n) is 4.09. The van der Waals surface area contributed by atoms with Crippen molar-refractivity contribution in [3.05, 3.63) is 47.5 Å². The molecule has 1 aromatic heterocycles. The predicted octanol–water partition coefficient (Wildman–Crippen LogP) is 4.56. The van der Waals surface area contributed by atoms with Gasteiger partial charge < -0.3 is 13.9 Å². The second kappa shape index (κ2) is 6.40. The number of furan rings is 1. The van der Waals surface area contributed by atoms with E-state index in [1.807, 2.05) is 43.3 Å². The van der Waals surface area contributed by atoms with Gasteiger partial charge in [0, 0.05) is 22.9 Å². The van der Waals surface area contributed by atoms with Crippen LogP contribution < -0.4 is 9.47 Å². The Morgan fingerprint density at radius 3 is 2.38 bits per heavy atom. The fourth-order valence-corrected chi connectivity index (χ4v) is 2.90. The average molecular weight is 324 g/mol.